The number of halogens is 1. The van der Waals surface area contributed by atoms with Crippen LogP contribution in [0.3, 0.4) is 0 Å². The molecule has 0 unspecified atom stereocenters. The van der Waals surface area contributed by atoms with Gasteiger partial charge >= 0.3 is 0 Å². The molecule has 5 aromatic rings. The molecule has 5 rings (SSSR count). The third-order valence-corrected chi connectivity index (χ3v) is 8.19. The molecular formula is C24H22ClN7O3S2. The van der Waals surface area contributed by atoms with Crippen molar-refractivity contribution >= 4 is 55.4 Å². The van der Waals surface area contributed by atoms with Crippen LogP contribution in [-0.4, -0.2) is 39.2 Å². The molecule has 2 aromatic carbocycles. The molecule has 0 saturated carbocycles. The van der Waals surface area contributed by atoms with Crippen molar-refractivity contribution in [2.45, 2.75) is 17.7 Å². The van der Waals surface area contributed by atoms with Crippen molar-refractivity contribution in [2.75, 3.05) is 17.7 Å². The lowest BCUT2D eigenvalue weighted by atomic mass is 10.2. The van der Waals surface area contributed by atoms with Crippen LogP contribution in [0.4, 0.5) is 11.8 Å². The first kappa shape index (κ1) is 26.2. The summed E-state index contributed by atoms with van der Waals surface area (Å²) in [5.41, 5.74) is 12.9. The largest absolute Gasteiger partial charge is 0.383 e. The second kappa shape index (κ2) is 10.6. The van der Waals surface area contributed by atoms with Crippen molar-refractivity contribution in [2.24, 2.45) is 0 Å². The molecule has 0 spiro atoms. The molecule has 37 heavy (non-hydrogen) atoms. The number of para-hydroxylation sites is 1. The van der Waals surface area contributed by atoms with Crippen molar-refractivity contribution in [3.8, 4) is 16.1 Å². The van der Waals surface area contributed by atoms with Gasteiger partial charge in [0, 0.05) is 25.1 Å². The van der Waals surface area contributed by atoms with Crippen LogP contribution >= 0.6 is 22.9 Å². The van der Waals surface area contributed by atoms with Gasteiger partial charge in [0.2, 0.25) is 20.1 Å². The normalized spacial score (nSPS) is 11.2. The molecule has 0 aliphatic rings. The summed E-state index contributed by atoms with van der Waals surface area (Å²) < 4.78 is 24.2. The summed E-state index contributed by atoms with van der Waals surface area (Å²) in [7, 11) is -3.31. The minimum Gasteiger partial charge on any atom is -0.383 e. The van der Waals surface area contributed by atoms with Gasteiger partial charge in [-0.25, -0.2) is 23.4 Å². The number of rotatable bonds is 4. The molecule has 4 N–H and O–H groups in total. The maximum absolute atomic E-state index is 12.8. The Morgan fingerprint density at radius 1 is 1.00 bits per heavy atom. The molecule has 0 saturated heterocycles. The Balaban J connectivity index is 0.000000176. The van der Waals surface area contributed by atoms with Gasteiger partial charge in [0.15, 0.2) is 0 Å². The first-order valence-corrected chi connectivity index (χ1v) is 14.0. The molecule has 3 heterocycles. The van der Waals surface area contributed by atoms with Gasteiger partial charge in [0.25, 0.3) is 5.56 Å². The van der Waals surface area contributed by atoms with Crippen LogP contribution < -0.4 is 17.0 Å². The summed E-state index contributed by atoms with van der Waals surface area (Å²) >= 11 is 7.18. The second-order valence-corrected chi connectivity index (χ2v) is 11.4. The Hall–Kier alpha value is -3.87. The van der Waals surface area contributed by atoms with E-state index < -0.39 is 9.84 Å². The van der Waals surface area contributed by atoms with E-state index in [4.69, 9.17) is 23.1 Å². The van der Waals surface area contributed by atoms with Gasteiger partial charge in [-0.05, 0) is 24.3 Å². The van der Waals surface area contributed by atoms with Crippen LogP contribution in [0.5, 0.6) is 0 Å². The average Bonchev–Trinajstić information content (AvgIpc) is 3.35. The molecule has 0 radical (unpaired) electrons. The highest BCUT2D eigenvalue weighted by Gasteiger charge is 2.16. The average molecular weight is 556 g/mol. The number of fused-ring (bicyclic) bond motifs is 1. The highest BCUT2D eigenvalue weighted by Crippen LogP contribution is 2.31. The number of nitrogen functional groups attached to an aromatic ring is 2. The maximum atomic E-state index is 12.8. The van der Waals surface area contributed by atoms with Gasteiger partial charge < -0.3 is 11.5 Å². The lowest BCUT2D eigenvalue weighted by Gasteiger charge is -2.12. The lowest BCUT2D eigenvalue weighted by molar-refractivity contribution is 0.601. The standard InChI is InChI=1S/C16H13ClN2O.C8H9N5O2S2/c1-2-14-18-13-10-6-9-12(17)15(13)16(20)19(14)11-7-4-3-5-8-11;1-17(14,15)8-12-3-5(16-8)4-2-11-7(10)13-6(4)9/h3-10H,2H2,1H3;2-3H,1H3,(H4,9,10,11,13). The van der Waals surface area contributed by atoms with E-state index in [1.807, 2.05) is 49.4 Å². The fourth-order valence-electron chi connectivity index (χ4n) is 3.47. The minimum atomic E-state index is -3.31. The van der Waals surface area contributed by atoms with E-state index in [0.717, 1.165) is 29.1 Å². The monoisotopic (exact) mass is 555 g/mol. The maximum Gasteiger partial charge on any atom is 0.267 e. The van der Waals surface area contributed by atoms with Crippen LogP contribution in [0.25, 0.3) is 27.0 Å². The van der Waals surface area contributed by atoms with Crippen molar-refractivity contribution in [1.82, 2.24) is 24.5 Å². The first-order chi connectivity index (χ1) is 17.6. The van der Waals surface area contributed by atoms with Gasteiger partial charge in [-0.15, -0.1) is 11.3 Å². The summed E-state index contributed by atoms with van der Waals surface area (Å²) in [5.74, 6) is 0.997. The van der Waals surface area contributed by atoms with E-state index in [1.165, 1.54) is 12.4 Å². The third kappa shape index (κ3) is 5.61. The van der Waals surface area contributed by atoms with Gasteiger partial charge in [0.05, 0.1) is 32.1 Å². The highest BCUT2D eigenvalue weighted by molar-refractivity contribution is 7.92. The number of anilines is 2. The van der Waals surface area contributed by atoms with E-state index in [0.29, 0.717) is 32.8 Å². The summed E-state index contributed by atoms with van der Waals surface area (Å²) in [6, 6.07) is 14.8. The quantitative estimate of drug-likeness (QED) is 0.336. The zero-order valence-corrected chi connectivity index (χ0v) is 22.2. The second-order valence-electron chi connectivity index (χ2n) is 7.78. The van der Waals surface area contributed by atoms with E-state index in [1.54, 1.807) is 10.6 Å². The van der Waals surface area contributed by atoms with Crippen molar-refractivity contribution < 1.29 is 8.42 Å². The zero-order valence-electron chi connectivity index (χ0n) is 19.8. The molecule has 0 aliphatic heterocycles. The topological polar surface area (TPSA) is 160 Å². The van der Waals surface area contributed by atoms with Crippen LogP contribution in [0.15, 0.2) is 70.1 Å². The SMILES string of the molecule is CCc1nc2cccc(Cl)c2c(=O)n1-c1ccccc1.CS(=O)(=O)c1ncc(-c2cnc(N)nc2N)s1. The summed E-state index contributed by atoms with van der Waals surface area (Å²) in [4.78, 5) is 29.3. The van der Waals surface area contributed by atoms with E-state index in [-0.39, 0.29) is 21.7 Å². The van der Waals surface area contributed by atoms with E-state index in [9.17, 15) is 13.2 Å². The highest BCUT2D eigenvalue weighted by atomic mass is 35.5. The zero-order chi connectivity index (χ0) is 26.7. The lowest BCUT2D eigenvalue weighted by Crippen LogP contribution is -2.23. The Labute approximate surface area is 221 Å². The molecule has 10 nitrogen and oxygen atoms in total. The summed E-state index contributed by atoms with van der Waals surface area (Å²) in [6.45, 7) is 1.98. The van der Waals surface area contributed by atoms with Gasteiger partial charge in [-0.1, -0.05) is 42.8 Å². The molecule has 3 aromatic heterocycles. The van der Waals surface area contributed by atoms with Crippen molar-refractivity contribution in [1.29, 1.82) is 0 Å². The molecule has 0 amide bonds. The smallest absolute Gasteiger partial charge is 0.267 e. The Morgan fingerprint density at radius 2 is 1.73 bits per heavy atom. The number of hydrogen-bond acceptors (Lipinski definition) is 10. The van der Waals surface area contributed by atoms with Gasteiger partial charge in [-0.2, -0.15) is 4.98 Å². The molecule has 0 atom stereocenters. The van der Waals surface area contributed by atoms with Crippen LogP contribution in [-0.2, 0) is 16.3 Å². The van der Waals surface area contributed by atoms with Crippen molar-refractivity contribution in [3.05, 3.63) is 82.1 Å². The molecule has 0 aliphatic carbocycles. The number of benzene rings is 2. The van der Waals surface area contributed by atoms with Crippen LogP contribution in [0.1, 0.15) is 12.7 Å². The minimum absolute atomic E-state index is 0.0312. The fourth-order valence-corrected chi connectivity index (χ4v) is 5.51. The molecule has 13 heteroatoms. The predicted molar refractivity (Wildman–Crippen MR) is 147 cm³/mol. The Kier molecular flexibility index (Phi) is 7.52. The third-order valence-electron chi connectivity index (χ3n) is 5.15. The predicted octanol–water partition coefficient (Wildman–Crippen LogP) is 3.77. The molecule has 190 valence electrons. The fraction of sp³-hybridized carbons (Fsp3) is 0.125. The Bertz CT molecular complexity index is 1750. The molecule has 0 bridgehead atoms. The number of aryl methyl sites for hydroxylation is 1. The van der Waals surface area contributed by atoms with Crippen LogP contribution in [0.2, 0.25) is 5.02 Å². The van der Waals surface area contributed by atoms with Crippen molar-refractivity contribution in [3.63, 3.8) is 0 Å². The van der Waals surface area contributed by atoms with Gasteiger partial charge in [-0.3, -0.25) is 9.36 Å². The van der Waals surface area contributed by atoms with Crippen LogP contribution in [0, 0.1) is 0 Å². The van der Waals surface area contributed by atoms with E-state index in [2.05, 4.69) is 19.9 Å². The molecular weight excluding hydrogens is 534 g/mol. The van der Waals surface area contributed by atoms with Gasteiger partial charge in [0.1, 0.15) is 11.6 Å². The number of nitrogens with zero attached hydrogens (tertiary/aromatic N) is 5. The summed E-state index contributed by atoms with van der Waals surface area (Å²) in [5, 5.41) is 0.905. The number of sulfone groups is 1. The first-order valence-electron chi connectivity index (χ1n) is 10.9. The number of thiazole rings is 1. The number of nitrogens with two attached hydrogens (primary N) is 2. The summed E-state index contributed by atoms with van der Waals surface area (Å²) in [6.07, 6.45) is 4.63. The van der Waals surface area contributed by atoms with E-state index >= 15 is 0 Å². The Morgan fingerprint density at radius 3 is 2.35 bits per heavy atom. The molecule has 0 fully saturated rings. The number of hydrogen-bond donors (Lipinski definition) is 2. The number of aromatic nitrogens is 5.